The first-order valence-electron chi connectivity index (χ1n) is 4.87. The lowest BCUT2D eigenvalue weighted by atomic mass is 9.94. The number of hydrogen-bond acceptors (Lipinski definition) is 2. The van der Waals surface area contributed by atoms with Gasteiger partial charge in [-0.3, -0.25) is 0 Å². The summed E-state index contributed by atoms with van der Waals surface area (Å²) in [4.78, 5) is 0. The first-order chi connectivity index (χ1) is 7.14. The fourth-order valence-corrected chi connectivity index (χ4v) is 1.90. The quantitative estimate of drug-likeness (QED) is 0.833. The highest BCUT2D eigenvalue weighted by molar-refractivity contribution is 5.45. The second-order valence-electron chi connectivity index (χ2n) is 3.92. The fourth-order valence-electron chi connectivity index (χ4n) is 1.90. The first kappa shape index (κ1) is 10.4. The maximum atomic E-state index is 13.7. The molecular weight excluding hydrogens is 200 g/mol. The van der Waals surface area contributed by atoms with Crippen molar-refractivity contribution >= 4 is 0 Å². The van der Waals surface area contributed by atoms with E-state index in [1.807, 2.05) is 0 Å². The summed E-state index contributed by atoms with van der Waals surface area (Å²) < 4.78 is 31.8. The van der Waals surface area contributed by atoms with Gasteiger partial charge in [-0.2, -0.15) is 0 Å². The van der Waals surface area contributed by atoms with Crippen molar-refractivity contribution in [2.24, 2.45) is 5.73 Å². The smallest absolute Gasteiger partial charge is 0.166 e. The van der Waals surface area contributed by atoms with Crippen LogP contribution in [0.25, 0.3) is 0 Å². The molecule has 1 aliphatic rings. The summed E-state index contributed by atoms with van der Waals surface area (Å²) in [5, 5.41) is 0. The van der Waals surface area contributed by atoms with Gasteiger partial charge in [-0.1, -0.05) is 0 Å². The molecule has 1 fully saturated rings. The number of ether oxygens (including phenoxy) is 1. The Hall–Kier alpha value is -1.16. The van der Waals surface area contributed by atoms with Crippen molar-refractivity contribution in [2.75, 3.05) is 13.7 Å². The lowest BCUT2D eigenvalue weighted by molar-refractivity contribution is 0.389. The predicted molar refractivity (Wildman–Crippen MR) is 52.9 cm³/mol. The van der Waals surface area contributed by atoms with Crippen LogP contribution in [-0.2, 0) is 5.41 Å². The first-order valence-corrected chi connectivity index (χ1v) is 4.87. The monoisotopic (exact) mass is 213 g/mol. The third-order valence-corrected chi connectivity index (χ3v) is 3.05. The average Bonchev–Trinajstić information content (AvgIpc) is 3.02. The van der Waals surface area contributed by atoms with E-state index in [1.54, 1.807) is 0 Å². The van der Waals surface area contributed by atoms with Crippen molar-refractivity contribution in [2.45, 2.75) is 18.3 Å². The molecule has 1 saturated carbocycles. The molecule has 0 aliphatic heterocycles. The van der Waals surface area contributed by atoms with Crippen LogP contribution < -0.4 is 10.5 Å². The molecule has 2 rings (SSSR count). The van der Waals surface area contributed by atoms with Gasteiger partial charge in [0.1, 0.15) is 5.75 Å². The number of rotatable bonds is 3. The molecule has 0 bridgehead atoms. The minimum Gasteiger partial charge on any atom is -0.496 e. The fraction of sp³-hybridized carbons (Fsp3) is 0.455. The summed E-state index contributed by atoms with van der Waals surface area (Å²) in [6, 6.07) is 2.52. The maximum absolute atomic E-state index is 13.7. The lowest BCUT2D eigenvalue weighted by Gasteiger charge is -2.17. The molecule has 0 amide bonds. The predicted octanol–water partition coefficient (Wildman–Crippen LogP) is 1.96. The molecule has 0 radical (unpaired) electrons. The Bertz CT molecular complexity index is 388. The Morgan fingerprint density at radius 1 is 1.40 bits per heavy atom. The van der Waals surface area contributed by atoms with Gasteiger partial charge in [0.15, 0.2) is 11.6 Å². The normalized spacial score (nSPS) is 17.6. The van der Waals surface area contributed by atoms with Gasteiger partial charge < -0.3 is 10.5 Å². The molecular formula is C11H13F2NO. The number of benzene rings is 1. The summed E-state index contributed by atoms with van der Waals surface area (Å²) in [6.45, 7) is 0.323. The standard InChI is InChI=1S/C11H13F2NO/c1-15-8-3-2-7(12)10(13)9(8)11(6-14)4-5-11/h2-3H,4-6,14H2,1H3. The van der Waals surface area contributed by atoms with Gasteiger partial charge in [0.2, 0.25) is 0 Å². The summed E-state index contributed by atoms with van der Waals surface area (Å²) in [6.07, 6.45) is 1.58. The molecule has 0 aromatic heterocycles. The van der Waals surface area contributed by atoms with E-state index in [0.29, 0.717) is 17.9 Å². The Labute approximate surface area is 87.0 Å². The topological polar surface area (TPSA) is 35.2 Å². The lowest BCUT2D eigenvalue weighted by Crippen LogP contribution is -2.22. The SMILES string of the molecule is COc1ccc(F)c(F)c1C1(CN)CC1. The maximum Gasteiger partial charge on any atom is 0.166 e. The van der Waals surface area contributed by atoms with Crippen LogP contribution in [0.5, 0.6) is 5.75 Å². The van der Waals surface area contributed by atoms with Crippen LogP contribution in [-0.4, -0.2) is 13.7 Å². The zero-order valence-electron chi connectivity index (χ0n) is 8.52. The highest BCUT2D eigenvalue weighted by atomic mass is 19.2. The third kappa shape index (κ3) is 1.49. The van der Waals surface area contributed by atoms with Crippen molar-refractivity contribution in [3.8, 4) is 5.75 Å². The molecule has 2 nitrogen and oxygen atoms in total. The van der Waals surface area contributed by atoms with E-state index in [4.69, 9.17) is 10.5 Å². The van der Waals surface area contributed by atoms with E-state index in [-0.39, 0.29) is 0 Å². The van der Waals surface area contributed by atoms with Crippen molar-refractivity contribution in [3.05, 3.63) is 29.3 Å². The number of methoxy groups -OCH3 is 1. The van der Waals surface area contributed by atoms with Gasteiger partial charge in [-0.25, -0.2) is 8.78 Å². The van der Waals surface area contributed by atoms with Crippen LogP contribution in [0.2, 0.25) is 0 Å². The van der Waals surface area contributed by atoms with Gasteiger partial charge in [0.25, 0.3) is 0 Å². The van der Waals surface area contributed by atoms with Crippen molar-refractivity contribution < 1.29 is 13.5 Å². The Morgan fingerprint density at radius 2 is 2.07 bits per heavy atom. The largest absolute Gasteiger partial charge is 0.496 e. The van der Waals surface area contributed by atoms with E-state index < -0.39 is 17.0 Å². The van der Waals surface area contributed by atoms with Crippen LogP contribution in [0, 0.1) is 11.6 Å². The number of hydrogen-bond donors (Lipinski definition) is 1. The van der Waals surface area contributed by atoms with Crippen molar-refractivity contribution in [1.82, 2.24) is 0 Å². The van der Waals surface area contributed by atoms with E-state index >= 15 is 0 Å². The van der Waals surface area contributed by atoms with E-state index in [0.717, 1.165) is 18.9 Å². The highest BCUT2D eigenvalue weighted by Crippen LogP contribution is 2.51. The minimum absolute atomic E-state index is 0.299. The van der Waals surface area contributed by atoms with Crippen molar-refractivity contribution in [3.63, 3.8) is 0 Å². The number of nitrogens with two attached hydrogens (primary N) is 1. The zero-order valence-corrected chi connectivity index (χ0v) is 8.52. The molecule has 0 unspecified atom stereocenters. The van der Waals surface area contributed by atoms with Crippen molar-refractivity contribution in [1.29, 1.82) is 0 Å². The molecule has 82 valence electrons. The van der Waals surface area contributed by atoms with Crippen LogP contribution in [0.4, 0.5) is 8.78 Å². The highest BCUT2D eigenvalue weighted by Gasteiger charge is 2.47. The van der Waals surface area contributed by atoms with Gasteiger partial charge in [-0.15, -0.1) is 0 Å². The summed E-state index contributed by atoms with van der Waals surface area (Å²) in [7, 11) is 1.45. The Kier molecular flexibility index (Phi) is 2.38. The minimum atomic E-state index is -0.842. The summed E-state index contributed by atoms with van der Waals surface area (Å²) in [5.74, 6) is -1.28. The Balaban J connectivity index is 2.57. The molecule has 1 aliphatic carbocycles. The summed E-state index contributed by atoms with van der Waals surface area (Å²) >= 11 is 0. The summed E-state index contributed by atoms with van der Waals surface area (Å²) in [5.41, 5.74) is 5.49. The average molecular weight is 213 g/mol. The second kappa shape index (κ2) is 3.45. The van der Waals surface area contributed by atoms with Gasteiger partial charge in [0, 0.05) is 17.5 Å². The zero-order chi connectivity index (χ0) is 11.1. The Morgan fingerprint density at radius 3 is 2.53 bits per heavy atom. The van der Waals surface area contributed by atoms with Gasteiger partial charge in [-0.05, 0) is 25.0 Å². The second-order valence-corrected chi connectivity index (χ2v) is 3.92. The molecule has 15 heavy (non-hydrogen) atoms. The molecule has 2 N–H and O–H groups in total. The van der Waals surface area contributed by atoms with Gasteiger partial charge in [0.05, 0.1) is 7.11 Å². The molecule has 0 spiro atoms. The molecule has 1 aromatic rings. The van der Waals surface area contributed by atoms with Crippen LogP contribution >= 0.6 is 0 Å². The van der Waals surface area contributed by atoms with Crippen LogP contribution in [0.15, 0.2) is 12.1 Å². The van der Waals surface area contributed by atoms with Crippen LogP contribution in [0.1, 0.15) is 18.4 Å². The molecule has 0 heterocycles. The van der Waals surface area contributed by atoms with Gasteiger partial charge >= 0.3 is 0 Å². The third-order valence-electron chi connectivity index (χ3n) is 3.05. The van der Waals surface area contributed by atoms with E-state index in [9.17, 15) is 8.78 Å². The molecule has 1 aromatic carbocycles. The van der Waals surface area contributed by atoms with E-state index in [1.165, 1.54) is 13.2 Å². The molecule has 0 atom stereocenters. The molecule has 0 saturated heterocycles. The van der Waals surface area contributed by atoms with Crippen LogP contribution in [0.3, 0.4) is 0 Å². The number of halogens is 2. The van der Waals surface area contributed by atoms with E-state index in [2.05, 4.69) is 0 Å². The molecule has 4 heteroatoms.